The molecular weight excluding hydrogens is 202 g/mol. The molecule has 0 fully saturated rings. The van der Waals surface area contributed by atoms with Crippen molar-refractivity contribution in [1.29, 1.82) is 0 Å². The number of aliphatic hydroxyl groups is 1. The number of rotatable bonds is 5. The summed E-state index contributed by atoms with van der Waals surface area (Å²) in [6.07, 6.45) is 1.46. The highest BCUT2D eigenvalue weighted by Crippen LogP contribution is 2.09. The summed E-state index contributed by atoms with van der Waals surface area (Å²) in [7, 11) is 0. The lowest BCUT2D eigenvalue weighted by molar-refractivity contribution is 0.0679. The molecule has 1 aromatic rings. The van der Waals surface area contributed by atoms with Crippen molar-refractivity contribution in [3.8, 4) is 0 Å². The van der Waals surface area contributed by atoms with Crippen LogP contribution < -0.4 is 5.32 Å². The van der Waals surface area contributed by atoms with Crippen molar-refractivity contribution in [2.24, 2.45) is 0 Å². The lowest BCUT2D eigenvalue weighted by atomic mass is 10.0. The summed E-state index contributed by atoms with van der Waals surface area (Å²) in [5, 5.41) is 12.3. The van der Waals surface area contributed by atoms with Gasteiger partial charge in [-0.05, 0) is 38.8 Å². The standard InChI is InChI=1S/C13H19NO2/c1-13(2,16)9-6-10-14-12(15)11-7-4-3-5-8-11/h3-5,7-8,16H,6,9-10H2,1-2H3,(H,14,15). The molecule has 3 heteroatoms. The molecule has 0 heterocycles. The molecule has 0 radical (unpaired) electrons. The minimum atomic E-state index is -0.655. The van der Waals surface area contributed by atoms with Crippen molar-refractivity contribution in [2.45, 2.75) is 32.3 Å². The lowest BCUT2D eigenvalue weighted by Crippen LogP contribution is -2.27. The Morgan fingerprint density at radius 2 is 1.94 bits per heavy atom. The Morgan fingerprint density at radius 3 is 2.50 bits per heavy atom. The molecule has 0 saturated heterocycles. The minimum absolute atomic E-state index is 0.0589. The molecule has 0 bridgehead atoms. The Kier molecular flexibility index (Phi) is 4.50. The van der Waals surface area contributed by atoms with Gasteiger partial charge in [0.1, 0.15) is 0 Å². The fraction of sp³-hybridized carbons (Fsp3) is 0.462. The smallest absolute Gasteiger partial charge is 0.251 e. The maximum atomic E-state index is 11.6. The number of hydrogen-bond acceptors (Lipinski definition) is 2. The van der Waals surface area contributed by atoms with Crippen LogP contribution in [0.5, 0.6) is 0 Å². The van der Waals surface area contributed by atoms with Gasteiger partial charge in [-0.1, -0.05) is 18.2 Å². The van der Waals surface area contributed by atoms with E-state index in [-0.39, 0.29) is 5.91 Å². The molecule has 0 aliphatic heterocycles. The van der Waals surface area contributed by atoms with E-state index in [2.05, 4.69) is 5.32 Å². The van der Waals surface area contributed by atoms with Gasteiger partial charge in [0.05, 0.1) is 5.60 Å². The SMILES string of the molecule is CC(C)(O)CCCNC(=O)c1ccccc1. The molecule has 0 unspecified atom stereocenters. The van der Waals surface area contributed by atoms with E-state index in [0.717, 1.165) is 6.42 Å². The second-order valence-corrected chi connectivity index (χ2v) is 4.54. The molecule has 0 aromatic heterocycles. The molecular formula is C13H19NO2. The van der Waals surface area contributed by atoms with Gasteiger partial charge in [-0.25, -0.2) is 0 Å². The number of hydrogen-bond donors (Lipinski definition) is 2. The number of amides is 1. The molecule has 1 aromatic carbocycles. The average Bonchev–Trinajstić information content (AvgIpc) is 2.24. The van der Waals surface area contributed by atoms with Gasteiger partial charge in [0.15, 0.2) is 0 Å². The topological polar surface area (TPSA) is 49.3 Å². The van der Waals surface area contributed by atoms with Gasteiger partial charge < -0.3 is 10.4 Å². The van der Waals surface area contributed by atoms with Crippen LogP contribution in [0, 0.1) is 0 Å². The predicted octanol–water partition coefficient (Wildman–Crippen LogP) is 1.97. The highest BCUT2D eigenvalue weighted by atomic mass is 16.3. The Balaban J connectivity index is 2.27. The molecule has 2 N–H and O–H groups in total. The molecule has 16 heavy (non-hydrogen) atoms. The normalized spacial score (nSPS) is 11.2. The summed E-state index contributed by atoms with van der Waals surface area (Å²) in [6, 6.07) is 9.12. The van der Waals surface area contributed by atoms with Gasteiger partial charge >= 0.3 is 0 Å². The first-order chi connectivity index (χ1) is 7.49. The second-order valence-electron chi connectivity index (χ2n) is 4.54. The number of nitrogens with one attached hydrogen (secondary N) is 1. The largest absolute Gasteiger partial charge is 0.390 e. The molecule has 0 saturated carbocycles. The fourth-order valence-corrected chi connectivity index (χ4v) is 1.41. The second kappa shape index (κ2) is 5.66. The Morgan fingerprint density at radius 1 is 1.31 bits per heavy atom. The van der Waals surface area contributed by atoms with E-state index in [9.17, 15) is 9.90 Å². The van der Waals surface area contributed by atoms with Crippen LogP contribution in [0.1, 0.15) is 37.0 Å². The first-order valence-corrected chi connectivity index (χ1v) is 5.55. The van der Waals surface area contributed by atoms with Crippen LogP contribution in [-0.4, -0.2) is 23.2 Å². The van der Waals surface area contributed by atoms with Crippen molar-refractivity contribution in [3.05, 3.63) is 35.9 Å². The van der Waals surface area contributed by atoms with Crippen LogP contribution >= 0.6 is 0 Å². The van der Waals surface area contributed by atoms with E-state index < -0.39 is 5.60 Å². The summed E-state index contributed by atoms with van der Waals surface area (Å²) >= 11 is 0. The summed E-state index contributed by atoms with van der Waals surface area (Å²) < 4.78 is 0. The molecule has 0 aliphatic carbocycles. The summed E-state index contributed by atoms with van der Waals surface area (Å²) in [6.45, 7) is 4.13. The fourth-order valence-electron chi connectivity index (χ4n) is 1.41. The predicted molar refractivity (Wildman–Crippen MR) is 64.3 cm³/mol. The monoisotopic (exact) mass is 221 g/mol. The van der Waals surface area contributed by atoms with Gasteiger partial charge in [-0.15, -0.1) is 0 Å². The van der Waals surface area contributed by atoms with Gasteiger partial charge in [0.2, 0.25) is 0 Å². The zero-order chi connectivity index (χ0) is 12.0. The van der Waals surface area contributed by atoms with E-state index in [1.165, 1.54) is 0 Å². The first-order valence-electron chi connectivity index (χ1n) is 5.55. The van der Waals surface area contributed by atoms with Crippen LogP contribution in [-0.2, 0) is 0 Å². The average molecular weight is 221 g/mol. The quantitative estimate of drug-likeness (QED) is 0.747. The Hall–Kier alpha value is -1.35. The zero-order valence-corrected chi connectivity index (χ0v) is 9.86. The molecule has 1 rings (SSSR count). The Labute approximate surface area is 96.5 Å². The third-order valence-corrected chi connectivity index (χ3v) is 2.29. The van der Waals surface area contributed by atoms with Crippen molar-refractivity contribution in [1.82, 2.24) is 5.32 Å². The van der Waals surface area contributed by atoms with Gasteiger partial charge in [0.25, 0.3) is 5.91 Å². The maximum absolute atomic E-state index is 11.6. The molecule has 0 spiro atoms. The molecule has 0 aliphatic rings. The van der Waals surface area contributed by atoms with Crippen molar-refractivity contribution in [2.75, 3.05) is 6.54 Å². The van der Waals surface area contributed by atoms with Gasteiger partial charge in [-0.3, -0.25) is 4.79 Å². The molecule has 3 nitrogen and oxygen atoms in total. The lowest BCUT2D eigenvalue weighted by Gasteiger charge is -2.16. The maximum Gasteiger partial charge on any atom is 0.251 e. The summed E-state index contributed by atoms with van der Waals surface area (Å²) in [4.78, 5) is 11.6. The third-order valence-electron chi connectivity index (χ3n) is 2.29. The van der Waals surface area contributed by atoms with E-state index in [0.29, 0.717) is 18.5 Å². The molecule has 1 amide bonds. The van der Waals surface area contributed by atoms with Crippen LogP contribution in [0.25, 0.3) is 0 Å². The zero-order valence-electron chi connectivity index (χ0n) is 9.86. The van der Waals surface area contributed by atoms with Crippen molar-refractivity contribution < 1.29 is 9.90 Å². The van der Waals surface area contributed by atoms with Crippen molar-refractivity contribution >= 4 is 5.91 Å². The summed E-state index contributed by atoms with van der Waals surface area (Å²) in [5.74, 6) is -0.0589. The number of carbonyl (C=O) groups is 1. The van der Waals surface area contributed by atoms with Gasteiger partial charge in [-0.2, -0.15) is 0 Å². The Bertz CT molecular complexity index is 328. The van der Waals surface area contributed by atoms with Crippen LogP contribution in [0.3, 0.4) is 0 Å². The van der Waals surface area contributed by atoms with Crippen LogP contribution in [0.4, 0.5) is 0 Å². The van der Waals surface area contributed by atoms with Crippen LogP contribution in [0.2, 0.25) is 0 Å². The highest BCUT2D eigenvalue weighted by molar-refractivity contribution is 5.94. The minimum Gasteiger partial charge on any atom is -0.390 e. The number of benzene rings is 1. The number of carbonyl (C=O) groups excluding carboxylic acids is 1. The third kappa shape index (κ3) is 4.94. The van der Waals surface area contributed by atoms with E-state index in [4.69, 9.17) is 0 Å². The van der Waals surface area contributed by atoms with Gasteiger partial charge in [0, 0.05) is 12.1 Å². The van der Waals surface area contributed by atoms with E-state index in [1.54, 1.807) is 26.0 Å². The first kappa shape index (κ1) is 12.7. The van der Waals surface area contributed by atoms with E-state index >= 15 is 0 Å². The molecule has 88 valence electrons. The highest BCUT2D eigenvalue weighted by Gasteiger charge is 2.11. The van der Waals surface area contributed by atoms with Crippen LogP contribution in [0.15, 0.2) is 30.3 Å². The van der Waals surface area contributed by atoms with Crippen molar-refractivity contribution in [3.63, 3.8) is 0 Å². The molecule has 0 atom stereocenters. The summed E-state index contributed by atoms with van der Waals surface area (Å²) in [5.41, 5.74) is 0.0167. The van der Waals surface area contributed by atoms with E-state index in [1.807, 2.05) is 18.2 Å².